The number of primary amides is 1. The first-order valence-electron chi connectivity index (χ1n) is 8.81. The third kappa shape index (κ3) is 5.85. The summed E-state index contributed by atoms with van der Waals surface area (Å²) in [7, 11) is 1.76. The Kier molecular flexibility index (Phi) is 7.90. The molecule has 1 saturated heterocycles. The Bertz CT molecular complexity index is 781. The third-order valence-corrected chi connectivity index (χ3v) is 4.55. The molecule has 0 radical (unpaired) electrons. The van der Waals surface area contributed by atoms with Gasteiger partial charge in [-0.15, -0.1) is 24.0 Å². The van der Waals surface area contributed by atoms with E-state index in [-0.39, 0.29) is 24.0 Å². The Labute approximate surface area is 177 Å². The molecule has 1 unspecified atom stereocenters. The van der Waals surface area contributed by atoms with Gasteiger partial charge >= 0.3 is 0 Å². The van der Waals surface area contributed by atoms with E-state index < -0.39 is 5.91 Å². The molecule has 1 heterocycles. The highest BCUT2D eigenvalue weighted by atomic mass is 127. The van der Waals surface area contributed by atoms with Crippen LogP contribution in [0.15, 0.2) is 59.6 Å². The number of para-hydroxylation sites is 1. The second-order valence-corrected chi connectivity index (χ2v) is 6.40. The Morgan fingerprint density at radius 1 is 1.22 bits per heavy atom. The molecule has 1 atom stereocenters. The second-order valence-electron chi connectivity index (χ2n) is 6.40. The molecule has 27 heavy (non-hydrogen) atoms. The van der Waals surface area contributed by atoms with Crippen molar-refractivity contribution in [1.82, 2.24) is 10.6 Å². The van der Waals surface area contributed by atoms with E-state index in [1.807, 2.05) is 18.2 Å². The maximum Gasteiger partial charge on any atom is 0.248 e. The minimum atomic E-state index is -0.415. The van der Waals surface area contributed by atoms with E-state index in [0.29, 0.717) is 18.2 Å². The molecular weight excluding hydrogens is 453 g/mol. The quantitative estimate of drug-likeness (QED) is 0.350. The number of guanidine groups is 1. The number of halogens is 1. The summed E-state index contributed by atoms with van der Waals surface area (Å²) in [6, 6.07) is 18.1. The molecule has 0 bridgehead atoms. The van der Waals surface area contributed by atoms with Gasteiger partial charge in [-0.1, -0.05) is 30.3 Å². The van der Waals surface area contributed by atoms with Crippen LogP contribution in [-0.2, 0) is 6.54 Å². The summed E-state index contributed by atoms with van der Waals surface area (Å²) in [6.45, 7) is 2.55. The summed E-state index contributed by atoms with van der Waals surface area (Å²) in [5.41, 5.74) is 8.09. The zero-order chi connectivity index (χ0) is 18.4. The lowest BCUT2D eigenvalue weighted by Crippen LogP contribution is -2.44. The van der Waals surface area contributed by atoms with E-state index in [4.69, 9.17) is 5.73 Å². The number of nitrogens with one attached hydrogen (secondary N) is 2. The third-order valence-electron chi connectivity index (χ3n) is 4.55. The van der Waals surface area contributed by atoms with Gasteiger partial charge in [-0.2, -0.15) is 0 Å². The van der Waals surface area contributed by atoms with Crippen LogP contribution in [0, 0.1) is 0 Å². The predicted molar refractivity (Wildman–Crippen MR) is 121 cm³/mol. The monoisotopic (exact) mass is 479 g/mol. The van der Waals surface area contributed by atoms with Crippen LogP contribution < -0.4 is 21.3 Å². The fourth-order valence-electron chi connectivity index (χ4n) is 3.16. The molecular formula is C20H26IN5O. The van der Waals surface area contributed by atoms with Gasteiger partial charge in [0.15, 0.2) is 5.96 Å². The van der Waals surface area contributed by atoms with Gasteiger partial charge in [0.25, 0.3) is 0 Å². The Hall–Kier alpha value is -2.29. The van der Waals surface area contributed by atoms with Gasteiger partial charge < -0.3 is 21.3 Å². The Morgan fingerprint density at radius 3 is 2.70 bits per heavy atom. The van der Waals surface area contributed by atoms with E-state index in [1.54, 1.807) is 19.2 Å². The van der Waals surface area contributed by atoms with Crippen molar-refractivity contribution < 1.29 is 4.79 Å². The van der Waals surface area contributed by atoms with Crippen molar-refractivity contribution in [2.75, 3.05) is 25.0 Å². The van der Waals surface area contributed by atoms with Crippen molar-refractivity contribution in [3.05, 3.63) is 65.7 Å². The summed E-state index contributed by atoms with van der Waals surface area (Å²) in [4.78, 5) is 18.0. The number of rotatable bonds is 5. The average molecular weight is 479 g/mol. The van der Waals surface area contributed by atoms with Crippen LogP contribution in [0.1, 0.15) is 22.3 Å². The number of anilines is 1. The molecule has 6 nitrogen and oxygen atoms in total. The van der Waals surface area contributed by atoms with Gasteiger partial charge in [0.1, 0.15) is 0 Å². The number of carbonyl (C=O) groups excluding carboxylic acids is 1. The summed E-state index contributed by atoms with van der Waals surface area (Å²) in [5.74, 6) is 0.343. The largest absolute Gasteiger partial charge is 0.369 e. The highest BCUT2D eigenvalue weighted by Gasteiger charge is 2.23. The number of amides is 1. The van der Waals surface area contributed by atoms with Crippen LogP contribution in [-0.4, -0.2) is 38.0 Å². The molecule has 1 amide bonds. The zero-order valence-electron chi connectivity index (χ0n) is 15.4. The Balaban J connectivity index is 0.00000261. The molecule has 0 spiro atoms. The maximum absolute atomic E-state index is 11.3. The number of benzene rings is 2. The molecule has 7 heteroatoms. The van der Waals surface area contributed by atoms with Gasteiger partial charge in [-0.05, 0) is 36.2 Å². The number of nitrogens with zero attached hydrogens (tertiary/aromatic N) is 2. The normalized spacial score (nSPS) is 16.6. The second kappa shape index (κ2) is 10.1. The molecule has 1 aliphatic heterocycles. The van der Waals surface area contributed by atoms with Crippen LogP contribution in [0.4, 0.5) is 5.69 Å². The lowest BCUT2D eigenvalue weighted by molar-refractivity contribution is 0.1000. The van der Waals surface area contributed by atoms with Gasteiger partial charge in [-0.25, -0.2) is 0 Å². The van der Waals surface area contributed by atoms with E-state index >= 15 is 0 Å². The number of carbonyl (C=O) groups is 1. The molecule has 3 rings (SSSR count). The predicted octanol–water partition coefficient (Wildman–Crippen LogP) is 2.35. The van der Waals surface area contributed by atoms with E-state index in [1.165, 1.54) is 5.69 Å². The van der Waals surface area contributed by atoms with E-state index in [0.717, 1.165) is 31.0 Å². The lowest BCUT2D eigenvalue weighted by Gasteiger charge is -2.20. The number of hydrogen-bond donors (Lipinski definition) is 3. The van der Waals surface area contributed by atoms with Gasteiger partial charge in [0.05, 0.1) is 0 Å². The first-order chi connectivity index (χ1) is 12.7. The summed E-state index contributed by atoms with van der Waals surface area (Å²) in [5, 5.41) is 6.78. The molecule has 2 aromatic rings. The minimum Gasteiger partial charge on any atom is -0.369 e. The SMILES string of the molecule is CN=C(NCc1cccc(C(N)=O)c1)NC1CCN(c2ccccc2)C1.I. The van der Waals surface area contributed by atoms with Crippen LogP contribution >= 0.6 is 24.0 Å². The van der Waals surface area contributed by atoms with Crippen molar-refractivity contribution in [3.63, 3.8) is 0 Å². The highest BCUT2D eigenvalue weighted by Crippen LogP contribution is 2.19. The van der Waals surface area contributed by atoms with Crippen LogP contribution in [0.5, 0.6) is 0 Å². The zero-order valence-corrected chi connectivity index (χ0v) is 17.7. The molecule has 1 fully saturated rings. The summed E-state index contributed by atoms with van der Waals surface area (Å²) < 4.78 is 0. The molecule has 1 aliphatic rings. The van der Waals surface area contributed by atoms with Gasteiger partial charge in [0.2, 0.25) is 5.91 Å². The van der Waals surface area contributed by atoms with Gasteiger partial charge in [-0.3, -0.25) is 9.79 Å². The number of nitrogens with two attached hydrogens (primary N) is 1. The van der Waals surface area contributed by atoms with Crippen molar-refractivity contribution in [1.29, 1.82) is 0 Å². The van der Waals surface area contributed by atoms with Crippen LogP contribution in [0.3, 0.4) is 0 Å². The first kappa shape index (κ1) is 21.0. The molecule has 0 saturated carbocycles. The van der Waals surface area contributed by atoms with Crippen molar-refractivity contribution in [2.45, 2.75) is 19.0 Å². The van der Waals surface area contributed by atoms with E-state index in [2.05, 4.69) is 44.8 Å². The molecule has 0 aromatic heterocycles. The standard InChI is InChI=1S/C20H25N5O.HI/c1-22-20(23-13-15-6-5-7-16(12-15)19(21)26)24-17-10-11-25(14-17)18-8-3-2-4-9-18;/h2-9,12,17H,10-11,13-14H2,1H3,(H2,21,26)(H2,22,23,24);1H. The van der Waals surface area contributed by atoms with Crippen LogP contribution in [0.25, 0.3) is 0 Å². The van der Waals surface area contributed by atoms with Crippen molar-refractivity contribution >= 4 is 41.5 Å². The molecule has 0 aliphatic carbocycles. The number of hydrogen-bond acceptors (Lipinski definition) is 3. The van der Waals surface area contributed by atoms with Gasteiger partial charge in [0, 0.05) is 44.0 Å². The fraction of sp³-hybridized carbons (Fsp3) is 0.300. The van der Waals surface area contributed by atoms with Crippen LogP contribution in [0.2, 0.25) is 0 Å². The highest BCUT2D eigenvalue weighted by molar-refractivity contribution is 14.0. The molecule has 144 valence electrons. The first-order valence-corrected chi connectivity index (χ1v) is 8.81. The minimum absolute atomic E-state index is 0. The Morgan fingerprint density at radius 2 is 2.00 bits per heavy atom. The van der Waals surface area contributed by atoms with E-state index in [9.17, 15) is 4.79 Å². The molecule has 2 aromatic carbocycles. The molecule has 4 N–H and O–H groups in total. The number of aliphatic imine (C=N–C) groups is 1. The average Bonchev–Trinajstić information content (AvgIpc) is 3.14. The topological polar surface area (TPSA) is 82.7 Å². The summed E-state index contributed by atoms with van der Waals surface area (Å²) in [6.07, 6.45) is 1.06. The maximum atomic E-state index is 11.3. The lowest BCUT2D eigenvalue weighted by atomic mass is 10.1. The summed E-state index contributed by atoms with van der Waals surface area (Å²) >= 11 is 0. The van der Waals surface area contributed by atoms with Crippen molar-refractivity contribution in [3.8, 4) is 0 Å². The smallest absolute Gasteiger partial charge is 0.248 e. The van der Waals surface area contributed by atoms with Crippen molar-refractivity contribution in [2.24, 2.45) is 10.7 Å². The fourth-order valence-corrected chi connectivity index (χ4v) is 3.16.